The summed E-state index contributed by atoms with van der Waals surface area (Å²) in [6.45, 7) is 2.79. The van der Waals surface area contributed by atoms with E-state index in [0.717, 1.165) is 22.2 Å². The van der Waals surface area contributed by atoms with E-state index in [4.69, 9.17) is 9.47 Å². The summed E-state index contributed by atoms with van der Waals surface area (Å²) in [7, 11) is 0. The van der Waals surface area contributed by atoms with E-state index in [-0.39, 0.29) is 0 Å². The highest BCUT2D eigenvalue weighted by Gasteiger charge is 2.43. The summed E-state index contributed by atoms with van der Waals surface area (Å²) < 4.78 is 13.3. The molecule has 4 N–H and O–H groups in total. The van der Waals surface area contributed by atoms with Gasteiger partial charge in [0.15, 0.2) is 0 Å². The van der Waals surface area contributed by atoms with Crippen molar-refractivity contribution < 1.29 is 29.9 Å². The number of fused-ring (bicyclic) bond motifs is 1. The summed E-state index contributed by atoms with van der Waals surface area (Å²) in [4.78, 5) is 0. The fraction of sp³-hybridized carbons (Fsp3) is 0.391. The molecule has 0 saturated carbocycles. The van der Waals surface area contributed by atoms with Crippen LogP contribution in [-0.4, -0.2) is 62.6 Å². The van der Waals surface area contributed by atoms with Crippen LogP contribution >= 0.6 is 0 Å². The molecule has 0 radical (unpaired) electrons. The average Bonchev–Trinajstić information content (AvgIpc) is 3.16. The van der Waals surface area contributed by atoms with E-state index >= 15 is 0 Å². The van der Waals surface area contributed by atoms with Gasteiger partial charge in [-0.05, 0) is 47.7 Å². The molecule has 2 aromatic carbocycles. The smallest absolute Gasteiger partial charge is 0.119 e. The van der Waals surface area contributed by atoms with Crippen molar-refractivity contribution in [3.05, 3.63) is 65.9 Å². The van der Waals surface area contributed by atoms with Crippen molar-refractivity contribution in [2.45, 2.75) is 44.0 Å². The van der Waals surface area contributed by atoms with Gasteiger partial charge in [0, 0.05) is 18.3 Å². The molecular formula is C23H27NO6. The fourth-order valence-corrected chi connectivity index (χ4v) is 3.95. The Hall–Kier alpha value is -2.42. The number of aliphatic hydroxyl groups excluding tert-OH is 4. The summed E-state index contributed by atoms with van der Waals surface area (Å²) in [5.41, 5.74) is 2.75. The Morgan fingerprint density at radius 1 is 0.967 bits per heavy atom. The first kappa shape index (κ1) is 20.8. The van der Waals surface area contributed by atoms with Crippen molar-refractivity contribution in [2.75, 3.05) is 13.2 Å². The standard InChI is InChI=1S/C23H27NO6/c1-2-29-17-7-3-14(4-8-17)12-24-10-9-15-5-6-16(11-18(15)24)23-22(28)21(27)20(26)19(13-25)30-23/h3-11,19-23,25-28H,2,12-13H2,1H3/t19-,20-,21+,22-,23+/m1/s1. The molecule has 0 bridgehead atoms. The zero-order chi connectivity index (χ0) is 21.3. The minimum atomic E-state index is -1.40. The second-order valence-electron chi connectivity index (χ2n) is 7.59. The number of aromatic nitrogens is 1. The normalized spacial score (nSPS) is 26.8. The number of nitrogens with zero attached hydrogens (tertiary/aromatic N) is 1. The molecule has 30 heavy (non-hydrogen) atoms. The molecule has 1 fully saturated rings. The Morgan fingerprint density at radius 2 is 1.73 bits per heavy atom. The monoisotopic (exact) mass is 413 g/mol. The molecule has 1 aliphatic rings. The van der Waals surface area contributed by atoms with Crippen LogP contribution in [0.3, 0.4) is 0 Å². The van der Waals surface area contributed by atoms with Crippen molar-refractivity contribution in [1.29, 1.82) is 0 Å². The molecule has 7 heteroatoms. The van der Waals surface area contributed by atoms with Gasteiger partial charge in [0.2, 0.25) is 0 Å². The second kappa shape index (κ2) is 8.75. The van der Waals surface area contributed by atoms with E-state index in [2.05, 4.69) is 4.57 Å². The van der Waals surface area contributed by atoms with Crippen LogP contribution in [0.5, 0.6) is 5.75 Å². The highest BCUT2D eigenvalue weighted by Crippen LogP contribution is 2.34. The lowest BCUT2D eigenvalue weighted by molar-refractivity contribution is -0.231. The molecule has 160 valence electrons. The lowest BCUT2D eigenvalue weighted by Crippen LogP contribution is -2.55. The van der Waals surface area contributed by atoms with Gasteiger partial charge in [0.25, 0.3) is 0 Å². The highest BCUT2D eigenvalue weighted by molar-refractivity contribution is 5.81. The maximum atomic E-state index is 10.4. The highest BCUT2D eigenvalue weighted by atomic mass is 16.5. The molecule has 0 unspecified atom stereocenters. The van der Waals surface area contributed by atoms with Gasteiger partial charge in [-0.25, -0.2) is 0 Å². The van der Waals surface area contributed by atoms with Crippen molar-refractivity contribution in [1.82, 2.24) is 4.57 Å². The third-order valence-corrected chi connectivity index (χ3v) is 5.61. The van der Waals surface area contributed by atoms with Gasteiger partial charge < -0.3 is 34.5 Å². The van der Waals surface area contributed by atoms with Gasteiger partial charge in [0.1, 0.15) is 36.3 Å². The topological polar surface area (TPSA) is 104 Å². The molecule has 7 nitrogen and oxygen atoms in total. The Morgan fingerprint density at radius 3 is 2.43 bits per heavy atom. The van der Waals surface area contributed by atoms with Gasteiger partial charge in [-0.2, -0.15) is 0 Å². The van der Waals surface area contributed by atoms with Crippen molar-refractivity contribution >= 4 is 10.9 Å². The van der Waals surface area contributed by atoms with E-state index in [0.29, 0.717) is 18.7 Å². The van der Waals surface area contributed by atoms with Crippen LogP contribution in [0, 0.1) is 0 Å². The third-order valence-electron chi connectivity index (χ3n) is 5.61. The molecule has 4 rings (SSSR count). The number of rotatable bonds is 6. The minimum absolute atomic E-state index is 0.447. The number of benzene rings is 2. The average molecular weight is 413 g/mol. The Bertz CT molecular complexity index is 983. The van der Waals surface area contributed by atoms with Crippen molar-refractivity contribution in [3.8, 4) is 5.75 Å². The molecule has 1 saturated heterocycles. The number of aliphatic hydroxyl groups is 4. The van der Waals surface area contributed by atoms with Crippen molar-refractivity contribution in [2.24, 2.45) is 0 Å². The first-order valence-electron chi connectivity index (χ1n) is 10.1. The van der Waals surface area contributed by atoms with Crippen LogP contribution in [0.2, 0.25) is 0 Å². The summed E-state index contributed by atoms with van der Waals surface area (Å²) >= 11 is 0. The summed E-state index contributed by atoms with van der Waals surface area (Å²) in [5, 5.41) is 41.0. The van der Waals surface area contributed by atoms with E-state index in [1.807, 2.05) is 61.7 Å². The van der Waals surface area contributed by atoms with Gasteiger partial charge in [-0.15, -0.1) is 0 Å². The van der Waals surface area contributed by atoms with Crippen LogP contribution < -0.4 is 4.74 Å². The molecule has 1 aliphatic heterocycles. The Labute approximate surface area is 174 Å². The molecule has 2 heterocycles. The van der Waals surface area contributed by atoms with Crippen LogP contribution in [0.4, 0.5) is 0 Å². The van der Waals surface area contributed by atoms with Crippen LogP contribution in [0.15, 0.2) is 54.7 Å². The third kappa shape index (κ3) is 3.95. The molecule has 0 amide bonds. The first-order valence-corrected chi connectivity index (χ1v) is 10.1. The predicted molar refractivity (Wildman–Crippen MR) is 111 cm³/mol. The Kier molecular flexibility index (Phi) is 6.08. The molecule has 0 aliphatic carbocycles. The maximum absolute atomic E-state index is 10.4. The number of hydrogen-bond donors (Lipinski definition) is 4. The van der Waals surface area contributed by atoms with Gasteiger partial charge in [0.05, 0.1) is 13.2 Å². The summed E-state index contributed by atoms with van der Waals surface area (Å²) in [6.07, 6.45) is -3.84. The number of hydrogen-bond acceptors (Lipinski definition) is 6. The van der Waals surface area contributed by atoms with Crippen LogP contribution in [0.1, 0.15) is 24.2 Å². The molecule has 0 spiro atoms. The lowest BCUT2D eigenvalue weighted by atomic mass is 9.91. The fourth-order valence-electron chi connectivity index (χ4n) is 3.95. The predicted octanol–water partition coefficient (Wildman–Crippen LogP) is 1.60. The molecule has 3 aromatic rings. The lowest BCUT2D eigenvalue weighted by Gasteiger charge is -2.40. The zero-order valence-corrected chi connectivity index (χ0v) is 16.8. The van der Waals surface area contributed by atoms with Crippen LogP contribution in [-0.2, 0) is 11.3 Å². The van der Waals surface area contributed by atoms with E-state index in [1.165, 1.54) is 0 Å². The maximum Gasteiger partial charge on any atom is 0.119 e. The van der Waals surface area contributed by atoms with Crippen LogP contribution in [0.25, 0.3) is 10.9 Å². The van der Waals surface area contributed by atoms with E-state index in [1.54, 1.807) is 0 Å². The SMILES string of the molecule is CCOc1ccc(Cn2ccc3ccc([C@@H]4O[C@H](CO)[C@@H](O)[C@H](O)[C@H]4O)cc32)cc1. The quantitative estimate of drug-likeness (QED) is 0.489. The van der Waals surface area contributed by atoms with Gasteiger partial charge >= 0.3 is 0 Å². The van der Waals surface area contributed by atoms with Gasteiger partial charge in [-0.3, -0.25) is 0 Å². The summed E-state index contributed by atoms with van der Waals surface area (Å²) in [5.74, 6) is 0.837. The van der Waals surface area contributed by atoms with Crippen molar-refractivity contribution in [3.63, 3.8) is 0 Å². The minimum Gasteiger partial charge on any atom is -0.494 e. The first-order chi connectivity index (χ1) is 14.5. The Balaban J connectivity index is 1.61. The van der Waals surface area contributed by atoms with Gasteiger partial charge in [-0.1, -0.05) is 24.3 Å². The van der Waals surface area contributed by atoms with E-state index < -0.39 is 37.1 Å². The second-order valence-corrected chi connectivity index (χ2v) is 7.59. The summed E-state index contributed by atoms with van der Waals surface area (Å²) in [6, 6.07) is 15.6. The molecular weight excluding hydrogens is 386 g/mol. The van der Waals surface area contributed by atoms with E-state index in [9.17, 15) is 20.4 Å². The number of ether oxygens (including phenoxy) is 2. The zero-order valence-electron chi connectivity index (χ0n) is 16.8. The molecule has 1 aromatic heterocycles. The largest absolute Gasteiger partial charge is 0.494 e. The molecule has 5 atom stereocenters.